The van der Waals surface area contributed by atoms with E-state index in [1.165, 1.54) is 0 Å². The Morgan fingerprint density at radius 3 is 2.81 bits per heavy atom. The van der Waals surface area contributed by atoms with Gasteiger partial charge in [-0.3, -0.25) is 9.59 Å². The Hall–Kier alpha value is -3.61. The highest BCUT2D eigenvalue weighted by molar-refractivity contribution is 6.01. The molecule has 0 radical (unpaired) electrons. The average Bonchev–Trinajstić information content (AvgIpc) is 2.75. The van der Waals surface area contributed by atoms with Crippen molar-refractivity contribution in [3.63, 3.8) is 0 Å². The molecule has 0 unspecified atom stereocenters. The van der Waals surface area contributed by atoms with Crippen LogP contribution in [0, 0.1) is 12.8 Å². The lowest BCUT2D eigenvalue weighted by molar-refractivity contribution is -0.174. The second-order valence-electron chi connectivity index (χ2n) is 8.76. The van der Waals surface area contributed by atoms with E-state index in [0.717, 1.165) is 27.8 Å². The van der Waals surface area contributed by atoms with Crippen LogP contribution >= 0.6 is 0 Å². The van der Waals surface area contributed by atoms with Crippen LogP contribution in [0.4, 0.5) is 5.82 Å². The molecule has 1 saturated heterocycles. The minimum atomic E-state index is -0.894. The predicted octanol–water partition coefficient (Wildman–Crippen LogP) is 3.18. The van der Waals surface area contributed by atoms with Crippen LogP contribution in [0.3, 0.4) is 0 Å². The van der Waals surface area contributed by atoms with Crippen LogP contribution in [0.5, 0.6) is 5.75 Å². The molecule has 3 heterocycles. The van der Waals surface area contributed by atoms with E-state index in [9.17, 15) is 9.59 Å². The fourth-order valence-corrected chi connectivity index (χ4v) is 5.11. The Morgan fingerprint density at radius 2 is 2.00 bits per heavy atom. The predicted molar refractivity (Wildman–Crippen MR) is 122 cm³/mol. The van der Waals surface area contributed by atoms with Crippen molar-refractivity contribution >= 4 is 28.5 Å². The van der Waals surface area contributed by atoms with Crippen molar-refractivity contribution in [3.05, 3.63) is 65.7 Å². The maximum atomic E-state index is 13.4. The van der Waals surface area contributed by atoms with Crippen molar-refractivity contribution in [2.45, 2.75) is 31.9 Å². The van der Waals surface area contributed by atoms with Crippen molar-refractivity contribution in [3.8, 4) is 5.75 Å². The van der Waals surface area contributed by atoms with Crippen molar-refractivity contribution in [2.75, 3.05) is 18.4 Å². The van der Waals surface area contributed by atoms with Crippen LogP contribution in [0.1, 0.15) is 30.4 Å². The van der Waals surface area contributed by atoms with E-state index in [0.29, 0.717) is 25.3 Å². The van der Waals surface area contributed by atoms with Crippen molar-refractivity contribution in [1.29, 1.82) is 0 Å². The van der Waals surface area contributed by atoms with E-state index >= 15 is 0 Å². The van der Waals surface area contributed by atoms with Gasteiger partial charge in [0, 0.05) is 30.8 Å². The third-order valence-electron chi connectivity index (χ3n) is 6.62. The topological polar surface area (TPSA) is 97.6 Å². The van der Waals surface area contributed by atoms with Crippen LogP contribution in [0.15, 0.2) is 54.6 Å². The maximum Gasteiger partial charge on any atom is 0.238 e. The summed E-state index contributed by atoms with van der Waals surface area (Å²) < 4.78 is 6.29. The lowest BCUT2D eigenvalue weighted by Crippen LogP contribution is -2.65. The molecule has 164 valence electrons. The number of nitrogens with zero attached hydrogens (tertiary/aromatic N) is 2. The number of likely N-dealkylation sites (tertiary alicyclic amines) is 1. The number of para-hydroxylation sites is 2. The average molecular weight is 431 g/mol. The number of primary amides is 1. The molecule has 0 aliphatic carbocycles. The molecule has 2 aromatic carbocycles. The largest absolute Gasteiger partial charge is 0.468 e. The van der Waals surface area contributed by atoms with Gasteiger partial charge in [0.2, 0.25) is 11.8 Å². The molecule has 3 aromatic rings. The van der Waals surface area contributed by atoms with Crippen molar-refractivity contribution in [2.24, 2.45) is 11.7 Å². The SMILES string of the molecule is Cc1cc(NCCN2C(=O)[C@@H](C(N)=O)[C@H]3C[C@@]2(C)Oc2ccccc23)nc2ccccc12. The number of aryl methyl sites for hydroxylation is 1. The highest BCUT2D eigenvalue weighted by Crippen LogP contribution is 2.49. The van der Waals surface area contributed by atoms with E-state index < -0.39 is 17.6 Å². The summed E-state index contributed by atoms with van der Waals surface area (Å²) in [6.07, 6.45) is 0.524. The van der Waals surface area contributed by atoms with E-state index in [1.807, 2.05) is 61.5 Å². The lowest BCUT2D eigenvalue weighted by atomic mass is 9.73. The van der Waals surface area contributed by atoms with E-state index in [4.69, 9.17) is 10.5 Å². The van der Waals surface area contributed by atoms with Crippen molar-refractivity contribution in [1.82, 2.24) is 9.88 Å². The first-order valence-electron chi connectivity index (χ1n) is 10.9. The molecule has 7 heteroatoms. The lowest BCUT2D eigenvalue weighted by Gasteiger charge is -2.52. The molecular weight excluding hydrogens is 404 g/mol. The minimum Gasteiger partial charge on any atom is -0.468 e. The molecule has 32 heavy (non-hydrogen) atoms. The number of pyridine rings is 1. The number of hydrogen-bond donors (Lipinski definition) is 2. The summed E-state index contributed by atoms with van der Waals surface area (Å²) >= 11 is 0. The maximum absolute atomic E-state index is 13.4. The molecule has 2 aliphatic heterocycles. The normalized spacial score (nSPS) is 24.1. The van der Waals surface area contributed by atoms with Gasteiger partial charge in [-0.15, -0.1) is 0 Å². The number of benzene rings is 2. The number of piperidine rings is 1. The molecule has 7 nitrogen and oxygen atoms in total. The standard InChI is InChI=1S/C25H26N4O3/c1-15-13-21(28-19-9-5-3-7-16(15)19)27-11-12-29-24(31)22(23(26)30)18-14-25(29,2)32-20-10-6-4-8-17(18)20/h3-10,13,18,22H,11-12,14H2,1-2H3,(H2,26,30)(H,27,28)/t18-,22+,25+/m0/s1. The van der Waals surface area contributed by atoms with Crippen LogP contribution in [0.2, 0.25) is 0 Å². The quantitative estimate of drug-likeness (QED) is 0.606. The summed E-state index contributed by atoms with van der Waals surface area (Å²) in [7, 11) is 0. The monoisotopic (exact) mass is 430 g/mol. The number of ether oxygens (including phenoxy) is 1. The molecule has 3 atom stereocenters. The highest BCUT2D eigenvalue weighted by Gasteiger charge is 2.55. The van der Waals surface area contributed by atoms with Gasteiger partial charge in [0.25, 0.3) is 0 Å². The Kier molecular flexibility index (Phi) is 4.77. The molecular formula is C25H26N4O3. The molecule has 5 rings (SSSR count). The van der Waals surface area contributed by atoms with Crippen LogP contribution in [-0.2, 0) is 9.59 Å². The fraction of sp³-hybridized carbons (Fsp3) is 0.320. The zero-order valence-corrected chi connectivity index (χ0v) is 18.2. The number of carbonyl (C=O) groups excluding carboxylic acids is 2. The van der Waals surface area contributed by atoms with Crippen LogP contribution < -0.4 is 15.8 Å². The van der Waals surface area contributed by atoms with Gasteiger partial charge in [-0.2, -0.15) is 0 Å². The molecule has 2 bridgehead atoms. The van der Waals surface area contributed by atoms with Gasteiger partial charge >= 0.3 is 0 Å². The van der Waals surface area contributed by atoms with Gasteiger partial charge < -0.3 is 20.7 Å². The number of amides is 2. The third-order valence-corrected chi connectivity index (χ3v) is 6.62. The zero-order chi connectivity index (χ0) is 22.5. The molecule has 0 spiro atoms. The smallest absolute Gasteiger partial charge is 0.238 e. The number of nitrogens with two attached hydrogens (primary N) is 1. The first kappa shape index (κ1) is 20.3. The summed E-state index contributed by atoms with van der Waals surface area (Å²) in [5.74, 6) is -0.596. The minimum absolute atomic E-state index is 0.274. The van der Waals surface area contributed by atoms with E-state index in [1.54, 1.807) is 4.90 Å². The number of nitrogens with one attached hydrogen (secondary N) is 1. The number of fused-ring (bicyclic) bond motifs is 5. The van der Waals surface area contributed by atoms with E-state index in [2.05, 4.69) is 17.2 Å². The molecule has 1 fully saturated rings. The number of rotatable bonds is 5. The second kappa shape index (κ2) is 7.51. The third kappa shape index (κ3) is 3.25. The number of carbonyl (C=O) groups is 2. The molecule has 2 amide bonds. The van der Waals surface area contributed by atoms with Gasteiger partial charge in [-0.1, -0.05) is 36.4 Å². The Morgan fingerprint density at radius 1 is 1.25 bits per heavy atom. The summed E-state index contributed by atoms with van der Waals surface area (Å²) in [5.41, 5.74) is 7.77. The Bertz CT molecular complexity index is 1230. The Labute approximate surface area is 186 Å². The second-order valence-corrected chi connectivity index (χ2v) is 8.76. The molecule has 0 saturated carbocycles. The fourth-order valence-electron chi connectivity index (χ4n) is 5.11. The highest BCUT2D eigenvalue weighted by atomic mass is 16.5. The number of hydrogen-bond acceptors (Lipinski definition) is 5. The number of anilines is 1. The first-order chi connectivity index (χ1) is 15.4. The molecule has 3 N–H and O–H groups in total. The van der Waals surface area contributed by atoms with Crippen LogP contribution in [-0.4, -0.2) is 40.5 Å². The van der Waals surface area contributed by atoms with Crippen LogP contribution in [0.25, 0.3) is 10.9 Å². The first-order valence-corrected chi connectivity index (χ1v) is 10.9. The zero-order valence-electron chi connectivity index (χ0n) is 18.2. The van der Waals surface area contributed by atoms with Gasteiger partial charge in [0.05, 0.1) is 5.52 Å². The Balaban J connectivity index is 1.39. The van der Waals surface area contributed by atoms with E-state index in [-0.39, 0.29) is 11.8 Å². The summed E-state index contributed by atoms with van der Waals surface area (Å²) in [4.78, 5) is 32.0. The van der Waals surface area contributed by atoms with Gasteiger partial charge in [0.1, 0.15) is 17.5 Å². The summed E-state index contributed by atoms with van der Waals surface area (Å²) in [6, 6.07) is 17.6. The molecule has 2 aliphatic rings. The van der Waals surface area contributed by atoms with Gasteiger partial charge in [-0.25, -0.2) is 4.98 Å². The van der Waals surface area contributed by atoms with Gasteiger partial charge in [-0.05, 0) is 43.2 Å². The summed E-state index contributed by atoms with van der Waals surface area (Å²) in [5, 5.41) is 4.44. The van der Waals surface area contributed by atoms with Crippen molar-refractivity contribution < 1.29 is 14.3 Å². The number of aromatic nitrogens is 1. The molecule has 1 aromatic heterocycles. The summed E-state index contributed by atoms with van der Waals surface area (Å²) in [6.45, 7) is 4.79. The van der Waals surface area contributed by atoms with Gasteiger partial charge in [0.15, 0.2) is 5.72 Å².